The Morgan fingerprint density at radius 3 is 2.75 bits per heavy atom. The molecule has 62 valence electrons. The Morgan fingerprint density at radius 1 is 1.58 bits per heavy atom. The van der Waals surface area contributed by atoms with Gasteiger partial charge in [-0.15, -0.1) is 0 Å². The van der Waals surface area contributed by atoms with Gasteiger partial charge in [0.15, 0.2) is 0 Å². The van der Waals surface area contributed by atoms with Crippen molar-refractivity contribution in [1.29, 1.82) is 5.26 Å². The van der Waals surface area contributed by atoms with Gasteiger partial charge in [-0.05, 0) is 52.8 Å². The highest BCUT2D eigenvalue weighted by Gasteiger charge is 2.04. The van der Waals surface area contributed by atoms with Gasteiger partial charge < -0.3 is 0 Å². The second kappa shape index (κ2) is 4.24. The first kappa shape index (κ1) is 10.0. The number of halogens is 2. The van der Waals surface area contributed by atoms with Crippen molar-refractivity contribution < 1.29 is 0 Å². The molecule has 1 aromatic carbocycles. The highest BCUT2D eigenvalue weighted by Crippen LogP contribution is 2.20. The molecule has 0 saturated carbocycles. The predicted molar refractivity (Wildman–Crippen MR) is 61.2 cm³/mol. The third kappa shape index (κ3) is 1.99. The number of hydrogen-bond donors (Lipinski definition) is 0. The molecule has 12 heavy (non-hydrogen) atoms. The number of hydrogen-bond acceptors (Lipinski definition) is 1. The normalized spacial score (nSPS) is 9.50. The molecule has 0 amide bonds. The number of nitrogens with zero attached hydrogens (tertiary/aromatic N) is 1. The fraction of sp³-hybridized carbons (Fsp3) is 0.222. The largest absolute Gasteiger partial charge is 0.192 e. The van der Waals surface area contributed by atoms with Crippen LogP contribution in [0, 0.1) is 21.8 Å². The van der Waals surface area contributed by atoms with Gasteiger partial charge in [0.1, 0.15) is 0 Å². The Morgan fingerprint density at radius 2 is 2.25 bits per heavy atom. The Balaban J connectivity index is 3.36. The summed E-state index contributed by atoms with van der Waals surface area (Å²) in [7, 11) is 0. The van der Waals surface area contributed by atoms with Crippen LogP contribution in [0.4, 0.5) is 0 Å². The van der Waals surface area contributed by atoms with E-state index in [1.807, 2.05) is 13.0 Å². The van der Waals surface area contributed by atoms with Gasteiger partial charge in [0, 0.05) is 8.90 Å². The van der Waals surface area contributed by atoms with Gasteiger partial charge in [0.25, 0.3) is 0 Å². The average molecular weight is 336 g/mol. The van der Waals surface area contributed by atoms with E-state index in [1.165, 1.54) is 5.56 Å². The lowest BCUT2D eigenvalue weighted by atomic mass is 10.0. The number of benzene rings is 1. The summed E-state index contributed by atoms with van der Waals surface area (Å²) in [5.74, 6) is 0. The monoisotopic (exact) mass is 335 g/mol. The molecular formula is C9H7BrIN. The smallest absolute Gasteiger partial charge is 0.0995 e. The summed E-state index contributed by atoms with van der Waals surface area (Å²) in [6, 6.07) is 6.18. The molecule has 1 nitrogen and oxygen atoms in total. The maximum absolute atomic E-state index is 8.82. The predicted octanol–water partition coefficient (Wildman–Crippen LogP) is 3.37. The summed E-state index contributed by atoms with van der Waals surface area (Å²) < 4.78 is 1.12. The van der Waals surface area contributed by atoms with E-state index in [1.54, 1.807) is 0 Å². The quantitative estimate of drug-likeness (QED) is 0.570. The van der Waals surface area contributed by atoms with Crippen molar-refractivity contribution >= 4 is 38.5 Å². The molecular weight excluding hydrogens is 329 g/mol. The van der Waals surface area contributed by atoms with E-state index in [2.05, 4.69) is 50.7 Å². The molecule has 0 N–H and O–H groups in total. The molecule has 0 aliphatic carbocycles. The van der Waals surface area contributed by atoms with Crippen molar-refractivity contribution in [1.82, 2.24) is 0 Å². The van der Waals surface area contributed by atoms with E-state index in [0.29, 0.717) is 0 Å². The number of nitriles is 1. The third-order valence-electron chi connectivity index (χ3n) is 1.69. The summed E-state index contributed by atoms with van der Waals surface area (Å²) in [4.78, 5) is 0. The van der Waals surface area contributed by atoms with Crippen LogP contribution < -0.4 is 0 Å². The number of aryl methyl sites for hydroxylation is 1. The lowest BCUT2D eigenvalue weighted by molar-refractivity contribution is 1.28. The molecule has 1 aromatic rings. The summed E-state index contributed by atoms with van der Waals surface area (Å²) in [6.07, 6.45) is 0. The van der Waals surface area contributed by atoms with Crippen LogP contribution in [0.25, 0.3) is 0 Å². The van der Waals surface area contributed by atoms with Crippen LogP contribution in [-0.4, -0.2) is 0 Å². The molecule has 3 heteroatoms. The molecule has 0 aromatic heterocycles. The number of alkyl halides is 1. The summed E-state index contributed by atoms with van der Waals surface area (Å²) in [5.41, 5.74) is 3.05. The van der Waals surface area contributed by atoms with Crippen molar-refractivity contribution in [3.8, 4) is 6.07 Å². The topological polar surface area (TPSA) is 23.8 Å². The zero-order chi connectivity index (χ0) is 9.14. The molecule has 0 unspecified atom stereocenters. The molecule has 0 radical (unpaired) electrons. The molecule has 0 saturated heterocycles. The highest BCUT2D eigenvalue weighted by atomic mass is 127. The van der Waals surface area contributed by atoms with E-state index in [0.717, 1.165) is 20.0 Å². The lowest BCUT2D eigenvalue weighted by Crippen LogP contribution is -1.91. The Hall–Kier alpha value is -0.0800. The van der Waals surface area contributed by atoms with E-state index in [9.17, 15) is 0 Å². The van der Waals surface area contributed by atoms with Crippen LogP contribution in [0.2, 0.25) is 0 Å². The minimum Gasteiger partial charge on any atom is -0.192 e. The first-order chi connectivity index (χ1) is 5.69. The molecule has 0 fully saturated rings. The first-order valence-electron chi connectivity index (χ1n) is 3.44. The van der Waals surface area contributed by atoms with Crippen LogP contribution in [-0.2, 0) is 5.33 Å². The third-order valence-corrected chi connectivity index (χ3v) is 2.88. The van der Waals surface area contributed by atoms with E-state index in [-0.39, 0.29) is 0 Å². The van der Waals surface area contributed by atoms with Crippen LogP contribution in [0.1, 0.15) is 16.7 Å². The van der Waals surface area contributed by atoms with Crippen molar-refractivity contribution in [2.24, 2.45) is 0 Å². The fourth-order valence-corrected chi connectivity index (χ4v) is 2.57. The van der Waals surface area contributed by atoms with Crippen molar-refractivity contribution in [2.45, 2.75) is 12.3 Å². The molecule has 1 rings (SSSR count). The van der Waals surface area contributed by atoms with Gasteiger partial charge in [0.2, 0.25) is 0 Å². The molecule has 0 spiro atoms. The van der Waals surface area contributed by atoms with E-state index in [4.69, 9.17) is 5.26 Å². The molecule has 0 bridgehead atoms. The van der Waals surface area contributed by atoms with Gasteiger partial charge in [0.05, 0.1) is 11.6 Å². The van der Waals surface area contributed by atoms with Gasteiger partial charge in [-0.1, -0.05) is 15.9 Å². The molecule has 0 aliphatic rings. The van der Waals surface area contributed by atoms with Gasteiger partial charge in [-0.2, -0.15) is 5.26 Å². The van der Waals surface area contributed by atoms with E-state index < -0.39 is 0 Å². The maximum Gasteiger partial charge on any atom is 0.0995 e. The molecule has 0 aliphatic heterocycles. The average Bonchev–Trinajstić information content (AvgIpc) is 2.03. The summed E-state index contributed by atoms with van der Waals surface area (Å²) in [5, 5.41) is 9.57. The summed E-state index contributed by atoms with van der Waals surface area (Å²) >= 11 is 5.59. The molecule has 0 atom stereocenters. The number of rotatable bonds is 1. The minimum atomic E-state index is 0.749. The zero-order valence-electron chi connectivity index (χ0n) is 6.56. The summed E-state index contributed by atoms with van der Waals surface area (Å²) in [6.45, 7) is 2.03. The first-order valence-corrected chi connectivity index (χ1v) is 5.64. The fourth-order valence-electron chi connectivity index (χ4n) is 1.05. The Bertz CT molecular complexity index is 341. The van der Waals surface area contributed by atoms with Gasteiger partial charge >= 0.3 is 0 Å². The van der Waals surface area contributed by atoms with Crippen molar-refractivity contribution in [3.05, 3.63) is 32.4 Å². The van der Waals surface area contributed by atoms with E-state index >= 15 is 0 Å². The van der Waals surface area contributed by atoms with Crippen LogP contribution in [0.3, 0.4) is 0 Å². The zero-order valence-corrected chi connectivity index (χ0v) is 10.3. The van der Waals surface area contributed by atoms with Crippen molar-refractivity contribution in [3.63, 3.8) is 0 Å². The Labute approximate surface area is 94.0 Å². The van der Waals surface area contributed by atoms with Crippen molar-refractivity contribution in [2.75, 3.05) is 0 Å². The van der Waals surface area contributed by atoms with Crippen LogP contribution >= 0.6 is 38.5 Å². The standard InChI is InChI=1S/C9H7BrIN/c1-6-2-8(11)3-7(5-12)9(6)4-10/h2-3H,4H2,1H3. The SMILES string of the molecule is Cc1cc(I)cc(C#N)c1CBr. The highest BCUT2D eigenvalue weighted by molar-refractivity contribution is 14.1. The van der Waals surface area contributed by atoms with Gasteiger partial charge in [-0.3, -0.25) is 0 Å². The minimum absolute atomic E-state index is 0.749. The van der Waals surface area contributed by atoms with Crippen LogP contribution in [0.5, 0.6) is 0 Å². The van der Waals surface area contributed by atoms with Gasteiger partial charge in [-0.25, -0.2) is 0 Å². The maximum atomic E-state index is 8.82. The lowest BCUT2D eigenvalue weighted by Gasteiger charge is -2.04. The molecule has 0 heterocycles. The second-order valence-corrected chi connectivity index (χ2v) is 4.30. The Kier molecular flexibility index (Phi) is 3.53. The second-order valence-electron chi connectivity index (χ2n) is 2.49. The van der Waals surface area contributed by atoms with Crippen LogP contribution in [0.15, 0.2) is 12.1 Å².